The summed E-state index contributed by atoms with van der Waals surface area (Å²) in [4.78, 5) is 10.8. The van der Waals surface area contributed by atoms with Crippen LogP contribution in [0.5, 0.6) is 0 Å². The number of aryl methyl sites for hydroxylation is 1. The Kier molecular flexibility index (Phi) is 3.24. The first-order chi connectivity index (χ1) is 7.70. The van der Waals surface area contributed by atoms with Gasteiger partial charge in [-0.15, -0.1) is 0 Å². The van der Waals surface area contributed by atoms with Crippen LogP contribution >= 0.6 is 0 Å². The van der Waals surface area contributed by atoms with Gasteiger partial charge in [-0.1, -0.05) is 0 Å². The van der Waals surface area contributed by atoms with E-state index in [1.165, 1.54) is 0 Å². The van der Waals surface area contributed by atoms with Gasteiger partial charge in [0.2, 0.25) is 5.95 Å². The third-order valence-electron chi connectivity index (χ3n) is 2.93. The van der Waals surface area contributed by atoms with Crippen molar-refractivity contribution in [2.24, 2.45) is 0 Å². The molecule has 0 radical (unpaired) electrons. The van der Waals surface area contributed by atoms with Crippen LogP contribution in [0, 0.1) is 6.92 Å². The number of nitrogens with one attached hydrogen (secondary N) is 1. The van der Waals surface area contributed by atoms with E-state index in [-0.39, 0.29) is 6.10 Å². The Hall–Kier alpha value is -1.36. The molecule has 2 N–H and O–H groups in total. The van der Waals surface area contributed by atoms with Gasteiger partial charge in [0.05, 0.1) is 6.10 Å². The standard InChI is InChI=1S/C11H18N4O/c1-8-7-13-11(12-2)14-10(8)15-5-3-9(16)4-6-15/h7,9,16H,3-6H2,1-2H3,(H,12,13,14). The number of aliphatic hydroxyl groups excluding tert-OH is 1. The molecule has 0 spiro atoms. The molecule has 1 aliphatic rings. The van der Waals surface area contributed by atoms with Crippen molar-refractivity contribution in [3.8, 4) is 0 Å². The Labute approximate surface area is 95.5 Å². The smallest absolute Gasteiger partial charge is 0.224 e. The van der Waals surface area contributed by atoms with Crippen LogP contribution in [-0.2, 0) is 0 Å². The molecule has 1 aromatic rings. The van der Waals surface area contributed by atoms with Gasteiger partial charge in [-0.05, 0) is 19.8 Å². The van der Waals surface area contributed by atoms with Crippen molar-refractivity contribution in [2.45, 2.75) is 25.9 Å². The molecule has 0 amide bonds. The maximum absolute atomic E-state index is 9.47. The van der Waals surface area contributed by atoms with Gasteiger partial charge >= 0.3 is 0 Å². The molecule has 1 aliphatic heterocycles. The molecule has 16 heavy (non-hydrogen) atoms. The highest BCUT2D eigenvalue weighted by atomic mass is 16.3. The Balaban J connectivity index is 2.19. The van der Waals surface area contributed by atoms with Crippen LogP contribution in [0.2, 0.25) is 0 Å². The zero-order chi connectivity index (χ0) is 11.5. The molecule has 0 unspecified atom stereocenters. The largest absolute Gasteiger partial charge is 0.393 e. The molecule has 2 heterocycles. The van der Waals surface area contributed by atoms with Crippen LogP contribution in [0.4, 0.5) is 11.8 Å². The average Bonchev–Trinajstić information content (AvgIpc) is 2.31. The van der Waals surface area contributed by atoms with Crippen molar-refractivity contribution >= 4 is 11.8 Å². The highest BCUT2D eigenvalue weighted by Crippen LogP contribution is 2.22. The van der Waals surface area contributed by atoms with Gasteiger partial charge in [-0.25, -0.2) is 4.98 Å². The monoisotopic (exact) mass is 222 g/mol. The summed E-state index contributed by atoms with van der Waals surface area (Å²) in [5.41, 5.74) is 1.08. The summed E-state index contributed by atoms with van der Waals surface area (Å²) in [6.07, 6.45) is 3.32. The highest BCUT2D eigenvalue weighted by Gasteiger charge is 2.19. The number of piperidine rings is 1. The lowest BCUT2D eigenvalue weighted by Crippen LogP contribution is -2.36. The van der Waals surface area contributed by atoms with Crippen LogP contribution in [-0.4, -0.2) is 41.3 Å². The lowest BCUT2D eigenvalue weighted by atomic mass is 10.1. The maximum atomic E-state index is 9.47. The molecule has 0 aliphatic carbocycles. The van der Waals surface area contributed by atoms with E-state index < -0.39 is 0 Å². The number of nitrogens with zero attached hydrogens (tertiary/aromatic N) is 3. The second-order valence-electron chi connectivity index (χ2n) is 4.17. The fourth-order valence-corrected chi connectivity index (χ4v) is 1.95. The number of aromatic nitrogens is 2. The Morgan fingerprint density at radius 1 is 1.44 bits per heavy atom. The van der Waals surface area contributed by atoms with E-state index in [1.54, 1.807) is 0 Å². The van der Waals surface area contributed by atoms with Crippen molar-refractivity contribution in [3.63, 3.8) is 0 Å². The summed E-state index contributed by atoms with van der Waals surface area (Å²) in [7, 11) is 1.81. The molecular formula is C11H18N4O. The third-order valence-corrected chi connectivity index (χ3v) is 2.93. The molecule has 5 nitrogen and oxygen atoms in total. The van der Waals surface area contributed by atoms with Crippen LogP contribution in [0.15, 0.2) is 6.20 Å². The maximum Gasteiger partial charge on any atom is 0.224 e. The van der Waals surface area contributed by atoms with Crippen molar-refractivity contribution in [2.75, 3.05) is 30.4 Å². The molecular weight excluding hydrogens is 204 g/mol. The number of rotatable bonds is 2. The van der Waals surface area contributed by atoms with E-state index in [2.05, 4.69) is 20.2 Å². The normalized spacial score (nSPS) is 17.6. The van der Waals surface area contributed by atoms with E-state index in [4.69, 9.17) is 0 Å². The van der Waals surface area contributed by atoms with E-state index in [9.17, 15) is 5.11 Å². The zero-order valence-corrected chi connectivity index (χ0v) is 9.77. The molecule has 2 rings (SSSR count). The minimum Gasteiger partial charge on any atom is -0.393 e. The second kappa shape index (κ2) is 4.65. The summed E-state index contributed by atoms with van der Waals surface area (Å²) in [5.74, 6) is 1.62. The molecule has 5 heteroatoms. The summed E-state index contributed by atoms with van der Waals surface area (Å²) in [6, 6.07) is 0. The predicted molar refractivity (Wildman–Crippen MR) is 63.8 cm³/mol. The summed E-state index contributed by atoms with van der Waals surface area (Å²) in [5, 5.41) is 12.4. The number of hydrogen-bond acceptors (Lipinski definition) is 5. The Bertz CT molecular complexity index is 361. The van der Waals surface area contributed by atoms with Gasteiger partial charge < -0.3 is 15.3 Å². The molecule has 88 valence electrons. The fourth-order valence-electron chi connectivity index (χ4n) is 1.95. The van der Waals surface area contributed by atoms with Gasteiger partial charge in [-0.3, -0.25) is 0 Å². The van der Waals surface area contributed by atoms with Crippen molar-refractivity contribution < 1.29 is 5.11 Å². The summed E-state index contributed by atoms with van der Waals surface area (Å²) < 4.78 is 0. The molecule has 0 bridgehead atoms. The lowest BCUT2D eigenvalue weighted by molar-refractivity contribution is 0.145. The molecule has 0 saturated carbocycles. The molecule has 0 atom stereocenters. The van der Waals surface area contributed by atoms with Crippen LogP contribution in [0.25, 0.3) is 0 Å². The van der Waals surface area contributed by atoms with Crippen molar-refractivity contribution in [1.82, 2.24) is 9.97 Å². The molecule has 1 saturated heterocycles. The molecule has 1 aromatic heterocycles. The first-order valence-electron chi connectivity index (χ1n) is 5.65. The quantitative estimate of drug-likeness (QED) is 0.774. The second-order valence-corrected chi connectivity index (χ2v) is 4.17. The number of hydrogen-bond donors (Lipinski definition) is 2. The first kappa shape index (κ1) is 11.1. The Morgan fingerprint density at radius 3 is 2.75 bits per heavy atom. The first-order valence-corrected chi connectivity index (χ1v) is 5.65. The minimum absolute atomic E-state index is 0.151. The molecule has 1 fully saturated rings. The number of anilines is 2. The van der Waals surface area contributed by atoms with E-state index in [1.807, 2.05) is 20.2 Å². The van der Waals surface area contributed by atoms with E-state index >= 15 is 0 Å². The van der Waals surface area contributed by atoms with Gasteiger partial charge in [0.25, 0.3) is 0 Å². The highest BCUT2D eigenvalue weighted by molar-refractivity contribution is 5.49. The average molecular weight is 222 g/mol. The van der Waals surface area contributed by atoms with Crippen molar-refractivity contribution in [1.29, 1.82) is 0 Å². The van der Waals surface area contributed by atoms with Gasteiger partial charge in [0.1, 0.15) is 5.82 Å². The van der Waals surface area contributed by atoms with Crippen LogP contribution in [0.1, 0.15) is 18.4 Å². The lowest BCUT2D eigenvalue weighted by Gasteiger charge is -2.31. The van der Waals surface area contributed by atoms with Crippen LogP contribution < -0.4 is 10.2 Å². The zero-order valence-electron chi connectivity index (χ0n) is 9.77. The van der Waals surface area contributed by atoms with Crippen molar-refractivity contribution in [3.05, 3.63) is 11.8 Å². The third kappa shape index (κ3) is 2.24. The summed E-state index contributed by atoms with van der Waals surface area (Å²) >= 11 is 0. The predicted octanol–water partition coefficient (Wildman–Crippen LogP) is 0.788. The summed E-state index contributed by atoms with van der Waals surface area (Å²) in [6.45, 7) is 3.74. The fraction of sp³-hybridized carbons (Fsp3) is 0.636. The van der Waals surface area contributed by atoms with E-state index in [0.717, 1.165) is 37.3 Å². The van der Waals surface area contributed by atoms with Gasteiger partial charge in [0.15, 0.2) is 0 Å². The SMILES string of the molecule is CNc1ncc(C)c(N2CCC(O)CC2)n1. The van der Waals surface area contributed by atoms with Gasteiger partial charge in [-0.2, -0.15) is 4.98 Å². The topological polar surface area (TPSA) is 61.3 Å². The Morgan fingerprint density at radius 2 is 2.12 bits per heavy atom. The minimum atomic E-state index is -0.151. The van der Waals surface area contributed by atoms with Crippen LogP contribution in [0.3, 0.4) is 0 Å². The van der Waals surface area contributed by atoms with Gasteiger partial charge in [0, 0.05) is 31.9 Å². The number of aliphatic hydroxyl groups is 1. The molecule has 0 aromatic carbocycles. The van der Waals surface area contributed by atoms with E-state index in [0.29, 0.717) is 5.95 Å².